The second kappa shape index (κ2) is 11.6. The van der Waals surface area contributed by atoms with Crippen molar-refractivity contribution in [2.24, 2.45) is 0 Å². The number of aliphatic hydroxyl groups excluding tert-OH is 1. The summed E-state index contributed by atoms with van der Waals surface area (Å²) in [5.41, 5.74) is 2.15. The lowest BCUT2D eigenvalue weighted by atomic mass is 10.2. The van der Waals surface area contributed by atoms with Gasteiger partial charge in [-0.15, -0.1) is 0 Å². The van der Waals surface area contributed by atoms with E-state index in [0.29, 0.717) is 19.0 Å². The first-order valence-electron chi connectivity index (χ1n) is 11.8. The summed E-state index contributed by atoms with van der Waals surface area (Å²) in [5.74, 6) is 0.170. The van der Waals surface area contributed by atoms with Gasteiger partial charge in [-0.1, -0.05) is 37.3 Å². The molecule has 0 radical (unpaired) electrons. The summed E-state index contributed by atoms with van der Waals surface area (Å²) < 4.78 is 28.1. The molecule has 0 aliphatic carbocycles. The van der Waals surface area contributed by atoms with Gasteiger partial charge in [0.2, 0.25) is 5.88 Å². The van der Waals surface area contributed by atoms with Crippen molar-refractivity contribution >= 4 is 0 Å². The first-order valence-corrected chi connectivity index (χ1v) is 11.8. The molecular weight excluding hydrogens is 433 g/mol. The van der Waals surface area contributed by atoms with Crippen molar-refractivity contribution in [1.29, 1.82) is 0 Å². The molecule has 0 unspecified atom stereocenters. The smallest absolute Gasteiger partial charge is 0.227 e. The maximum absolute atomic E-state index is 14.5. The van der Waals surface area contributed by atoms with Crippen LogP contribution in [0.1, 0.15) is 45.4 Å². The van der Waals surface area contributed by atoms with Crippen molar-refractivity contribution in [2.75, 3.05) is 19.7 Å². The number of nitrogens with zero attached hydrogens (tertiary/aromatic N) is 3. The van der Waals surface area contributed by atoms with Crippen LogP contribution in [0.4, 0.5) is 4.39 Å². The number of halogens is 1. The van der Waals surface area contributed by atoms with Crippen LogP contribution in [0.2, 0.25) is 0 Å². The maximum Gasteiger partial charge on any atom is 0.227 e. The lowest BCUT2D eigenvalue weighted by molar-refractivity contribution is -0.0567. The third-order valence-corrected chi connectivity index (χ3v) is 5.28. The molecule has 1 N–H and O–H groups in total. The lowest BCUT2D eigenvalue weighted by Gasteiger charge is -2.27. The Morgan fingerprint density at radius 1 is 1.09 bits per heavy atom. The van der Waals surface area contributed by atoms with Gasteiger partial charge in [0.1, 0.15) is 0 Å². The number of aliphatic hydroxyl groups is 1. The summed E-state index contributed by atoms with van der Waals surface area (Å²) in [7, 11) is 0. The summed E-state index contributed by atoms with van der Waals surface area (Å²) in [6.07, 6.45) is 0.286. The van der Waals surface area contributed by atoms with Crippen LogP contribution in [0.3, 0.4) is 0 Å². The zero-order valence-corrected chi connectivity index (χ0v) is 20.8. The Kier molecular flexibility index (Phi) is 8.83. The average Bonchev–Trinajstić information content (AvgIpc) is 3.09. The summed E-state index contributed by atoms with van der Waals surface area (Å²) in [6, 6.07) is 16.0. The Bertz CT molecular complexity index is 1050. The van der Waals surface area contributed by atoms with E-state index in [2.05, 4.69) is 11.8 Å². The lowest BCUT2D eigenvalue weighted by Crippen LogP contribution is -2.37. The molecule has 0 fully saturated rings. The number of hydrogen-bond donors (Lipinski definition) is 1. The molecular formula is C27H36FN3O3. The number of para-hydroxylation sites is 2. The zero-order chi connectivity index (χ0) is 24.7. The number of aromatic nitrogens is 2. The molecule has 7 heteroatoms. The highest BCUT2D eigenvalue weighted by Gasteiger charge is 2.23. The molecule has 1 heterocycles. The molecule has 0 saturated heterocycles. The van der Waals surface area contributed by atoms with Crippen molar-refractivity contribution in [3.05, 3.63) is 71.7 Å². The Hall–Kier alpha value is -2.74. The highest BCUT2D eigenvalue weighted by Crippen LogP contribution is 2.32. The summed E-state index contributed by atoms with van der Waals surface area (Å²) in [4.78, 5) is 2.16. The van der Waals surface area contributed by atoms with Crippen molar-refractivity contribution in [2.45, 2.75) is 59.3 Å². The fourth-order valence-electron chi connectivity index (χ4n) is 3.67. The molecule has 0 aliphatic heterocycles. The minimum Gasteiger partial charge on any atom is -0.435 e. The number of ether oxygens (including phenoxy) is 2. The second-order valence-electron chi connectivity index (χ2n) is 9.46. The van der Waals surface area contributed by atoms with Gasteiger partial charge in [-0.2, -0.15) is 5.10 Å². The molecule has 0 saturated carbocycles. The maximum atomic E-state index is 14.5. The van der Waals surface area contributed by atoms with Crippen LogP contribution in [0, 0.1) is 12.7 Å². The molecule has 3 rings (SSSR count). The minimum atomic E-state index is -0.633. The van der Waals surface area contributed by atoms with Crippen molar-refractivity contribution in [1.82, 2.24) is 14.7 Å². The third-order valence-electron chi connectivity index (χ3n) is 5.28. The number of aryl methyl sites for hydroxylation is 1. The van der Waals surface area contributed by atoms with Gasteiger partial charge >= 0.3 is 0 Å². The molecule has 34 heavy (non-hydrogen) atoms. The van der Waals surface area contributed by atoms with Crippen molar-refractivity contribution < 1.29 is 19.0 Å². The van der Waals surface area contributed by atoms with E-state index in [1.165, 1.54) is 6.07 Å². The van der Waals surface area contributed by atoms with E-state index in [4.69, 9.17) is 14.6 Å². The fraction of sp³-hybridized carbons (Fsp3) is 0.444. The van der Waals surface area contributed by atoms with E-state index in [1.807, 2.05) is 58.0 Å². The first kappa shape index (κ1) is 25.9. The van der Waals surface area contributed by atoms with E-state index in [0.717, 1.165) is 29.9 Å². The number of benzene rings is 2. The molecule has 1 atom stereocenters. The van der Waals surface area contributed by atoms with Gasteiger partial charge in [-0.05, 0) is 64.9 Å². The Labute approximate surface area is 201 Å². The SMILES string of the molecule is CCCN(Cc1c(C)nn(-c2ccccc2)c1Oc1ccccc1F)C[C@@H](O)COC(C)(C)C. The molecule has 1 aromatic heterocycles. The van der Waals surface area contributed by atoms with Gasteiger partial charge < -0.3 is 14.6 Å². The molecule has 3 aromatic rings. The number of rotatable bonds is 11. The fourth-order valence-corrected chi connectivity index (χ4v) is 3.67. The normalized spacial score (nSPS) is 12.8. The Morgan fingerprint density at radius 2 is 1.76 bits per heavy atom. The van der Waals surface area contributed by atoms with Gasteiger partial charge in [0.25, 0.3) is 0 Å². The quantitative estimate of drug-likeness (QED) is 0.402. The van der Waals surface area contributed by atoms with Gasteiger partial charge in [-0.25, -0.2) is 9.07 Å². The predicted molar refractivity (Wildman–Crippen MR) is 132 cm³/mol. The van der Waals surface area contributed by atoms with E-state index in [-0.39, 0.29) is 18.0 Å². The van der Waals surface area contributed by atoms with Crippen LogP contribution in [-0.2, 0) is 11.3 Å². The van der Waals surface area contributed by atoms with E-state index in [9.17, 15) is 9.50 Å². The first-order chi connectivity index (χ1) is 16.2. The number of hydrogen-bond acceptors (Lipinski definition) is 5. The van der Waals surface area contributed by atoms with E-state index >= 15 is 0 Å². The van der Waals surface area contributed by atoms with Crippen LogP contribution in [0.5, 0.6) is 11.6 Å². The van der Waals surface area contributed by atoms with Crippen molar-refractivity contribution in [3.8, 4) is 17.3 Å². The predicted octanol–water partition coefficient (Wildman–Crippen LogP) is 5.50. The van der Waals surface area contributed by atoms with Gasteiger partial charge in [-0.3, -0.25) is 4.90 Å². The Morgan fingerprint density at radius 3 is 2.41 bits per heavy atom. The molecule has 6 nitrogen and oxygen atoms in total. The molecule has 0 bridgehead atoms. The van der Waals surface area contributed by atoms with Crippen LogP contribution < -0.4 is 4.74 Å². The molecule has 0 spiro atoms. The zero-order valence-electron chi connectivity index (χ0n) is 20.8. The molecule has 0 aliphatic rings. The van der Waals surface area contributed by atoms with Gasteiger partial charge in [0.15, 0.2) is 11.6 Å². The second-order valence-corrected chi connectivity index (χ2v) is 9.46. The summed E-state index contributed by atoms with van der Waals surface area (Å²) >= 11 is 0. The topological polar surface area (TPSA) is 59.8 Å². The van der Waals surface area contributed by atoms with Crippen LogP contribution in [0.25, 0.3) is 5.69 Å². The Balaban J connectivity index is 1.92. The van der Waals surface area contributed by atoms with Crippen molar-refractivity contribution in [3.63, 3.8) is 0 Å². The standard InChI is InChI=1S/C27H36FN3O3/c1-6-16-30(17-22(32)19-33-27(3,4)5)18-23-20(2)29-31(21-12-8-7-9-13-21)26(23)34-25-15-11-10-14-24(25)28/h7-15,22,32H,6,16-19H2,1-5H3/t22-/m1/s1. The van der Waals surface area contributed by atoms with Crippen LogP contribution >= 0.6 is 0 Å². The molecule has 0 amide bonds. The van der Waals surface area contributed by atoms with Gasteiger partial charge in [0, 0.05) is 13.1 Å². The molecule has 2 aromatic carbocycles. The van der Waals surface area contributed by atoms with E-state index < -0.39 is 11.9 Å². The highest BCUT2D eigenvalue weighted by atomic mass is 19.1. The highest BCUT2D eigenvalue weighted by molar-refractivity contribution is 5.43. The largest absolute Gasteiger partial charge is 0.435 e. The third kappa shape index (κ3) is 7.13. The summed E-state index contributed by atoms with van der Waals surface area (Å²) in [5, 5.41) is 15.3. The monoisotopic (exact) mass is 469 g/mol. The minimum absolute atomic E-state index is 0.140. The molecule has 184 valence electrons. The van der Waals surface area contributed by atoms with E-state index in [1.54, 1.807) is 22.9 Å². The summed E-state index contributed by atoms with van der Waals surface area (Å²) in [6.45, 7) is 11.9. The van der Waals surface area contributed by atoms with Crippen LogP contribution in [0.15, 0.2) is 54.6 Å². The van der Waals surface area contributed by atoms with Crippen LogP contribution in [-0.4, -0.2) is 51.2 Å². The van der Waals surface area contributed by atoms with Gasteiger partial charge in [0.05, 0.1) is 35.3 Å². The average molecular weight is 470 g/mol.